The smallest absolute Gasteiger partial charge is 0.238 e. The van der Waals surface area contributed by atoms with Crippen molar-refractivity contribution in [3.05, 3.63) is 75.5 Å². The minimum atomic E-state index is -0.864. The predicted octanol–water partition coefficient (Wildman–Crippen LogP) is 4.67. The third-order valence-corrected chi connectivity index (χ3v) is 6.70. The maximum absolute atomic E-state index is 13.2. The standard InChI is InChI=1S/C30H28O10/c1-14(2)4-7-17-19(33)12-20(34)25-26(35)27(36)29(40-30(17)25)16-6-9-21-23(11-16)39-28(24(13-31)38-21)15-5-8-18(32)22(10-15)37-3/h4-6,8-12,24,28,31-34,36H,7,13H2,1-3H3/t24-,28-/m1/s1. The number of hydrogen-bond donors (Lipinski definition) is 5. The van der Waals surface area contributed by atoms with E-state index in [0.717, 1.165) is 11.6 Å². The molecule has 1 aliphatic heterocycles. The van der Waals surface area contributed by atoms with Crippen molar-refractivity contribution in [1.82, 2.24) is 0 Å². The molecule has 4 aromatic rings. The molecule has 0 unspecified atom stereocenters. The highest BCUT2D eigenvalue weighted by molar-refractivity contribution is 5.91. The third kappa shape index (κ3) is 4.62. The van der Waals surface area contributed by atoms with Crippen LogP contribution in [0.3, 0.4) is 0 Å². The van der Waals surface area contributed by atoms with Crippen LogP contribution in [0.15, 0.2) is 63.3 Å². The Morgan fingerprint density at radius 3 is 2.42 bits per heavy atom. The lowest BCUT2D eigenvalue weighted by molar-refractivity contribution is -0.0123. The van der Waals surface area contributed by atoms with Crippen LogP contribution in [0.25, 0.3) is 22.3 Å². The topological polar surface area (TPSA) is 159 Å². The summed E-state index contributed by atoms with van der Waals surface area (Å²) >= 11 is 0. The van der Waals surface area contributed by atoms with E-state index in [1.165, 1.54) is 19.2 Å². The molecule has 1 aromatic heterocycles. The molecule has 0 fully saturated rings. The van der Waals surface area contributed by atoms with Gasteiger partial charge in [0, 0.05) is 22.8 Å². The number of fused-ring (bicyclic) bond motifs is 2. The summed E-state index contributed by atoms with van der Waals surface area (Å²) in [6.07, 6.45) is 0.491. The van der Waals surface area contributed by atoms with Gasteiger partial charge < -0.3 is 44.2 Å². The minimum Gasteiger partial charge on any atom is -0.507 e. The number of rotatable bonds is 6. The number of allylic oxidation sites excluding steroid dienone is 2. The lowest BCUT2D eigenvalue weighted by Crippen LogP contribution is -2.36. The highest BCUT2D eigenvalue weighted by Gasteiger charge is 2.34. The molecule has 10 nitrogen and oxygen atoms in total. The van der Waals surface area contributed by atoms with Crippen molar-refractivity contribution in [3.63, 3.8) is 0 Å². The molecular weight excluding hydrogens is 520 g/mol. The van der Waals surface area contributed by atoms with Gasteiger partial charge in [-0.15, -0.1) is 0 Å². The van der Waals surface area contributed by atoms with E-state index in [0.29, 0.717) is 11.3 Å². The Hall–Kier alpha value is -4.83. The quantitative estimate of drug-likeness (QED) is 0.214. The van der Waals surface area contributed by atoms with E-state index in [4.69, 9.17) is 18.6 Å². The first-order valence-electron chi connectivity index (χ1n) is 12.4. The van der Waals surface area contributed by atoms with Crippen molar-refractivity contribution in [1.29, 1.82) is 0 Å². The van der Waals surface area contributed by atoms with Gasteiger partial charge in [0.05, 0.1) is 13.7 Å². The van der Waals surface area contributed by atoms with Crippen molar-refractivity contribution in [2.45, 2.75) is 32.5 Å². The monoisotopic (exact) mass is 548 g/mol. The second-order valence-electron chi connectivity index (χ2n) is 9.66. The van der Waals surface area contributed by atoms with E-state index in [1.54, 1.807) is 24.3 Å². The first kappa shape index (κ1) is 26.8. The number of aliphatic hydroxyl groups excluding tert-OH is 1. The molecule has 0 saturated carbocycles. The van der Waals surface area contributed by atoms with Crippen LogP contribution in [-0.4, -0.2) is 45.4 Å². The molecule has 3 aromatic carbocycles. The Bertz CT molecular complexity index is 1700. The maximum atomic E-state index is 13.2. The molecule has 0 aliphatic carbocycles. The fourth-order valence-electron chi connectivity index (χ4n) is 4.64. The van der Waals surface area contributed by atoms with Crippen LogP contribution in [0.1, 0.15) is 31.1 Å². The summed E-state index contributed by atoms with van der Waals surface area (Å²) in [5.41, 5.74) is 1.15. The SMILES string of the molecule is COc1cc([C@H]2Oc3cc(-c4oc5c(CC=C(C)C)c(O)cc(O)c5c(=O)c4O)ccc3O[C@@H]2CO)ccc1O. The Kier molecular flexibility index (Phi) is 6.95. The first-order chi connectivity index (χ1) is 19.1. The Morgan fingerprint density at radius 1 is 0.950 bits per heavy atom. The highest BCUT2D eigenvalue weighted by atomic mass is 16.6. The van der Waals surface area contributed by atoms with Gasteiger partial charge in [-0.2, -0.15) is 0 Å². The Balaban J connectivity index is 1.63. The number of aliphatic hydroxyl groups is 1. The number of aromatic hydroxyl groups is 4. The number of phenolic OH excluding ortho intramolecular Hbond substituents is 3. The largest absolute Gasteiger partial charge is 0.507 e. The van der Waals surface area contributed by atoms with Gasteiger partial charge >= 0.3 is 0 Å². The van der Waals surface area contributed by atoms with Crippen LogP contribution in [0.5, 0.6) is 40.2 Å². The van der Waals surface area contributed by atoms with E-state index in [2.05, 4.69) is 0 Å². The summed E-state index contributed by atoms with van der Waals surface area (Å²) in [4.78, 5) is 13.2. The fourth-order valence-corrected chi connectivity index (χ4v) is 4.64. The minimum absolute atomic E-state index is 0.0582. The van der Waals surface area contributed by atoms with Crippen molar-refractivity contribution in [3.8, 4) is 51.6 Å². The van der Waals surface area contributed by atoms with Crippen LogP contribution in [-0.2, 0) is 6.42 Å². The van der Waals surface area contributed by atoms with Gasteiger partial charge in [0.25, 0.3) is 0 Å². The van der Waals surface area contributed by atoms with Crippen molar-refractivity contribution in [2.75, 3.05) is 13.7 Å². The van der Waals surface area contributed by atoms with Crippen LogP contribution < -0.4 is 19.6 Å². The van der Waals surface area contributed by atoms with Crippen LogP contribution in [0.2, 0.25) is 0 Å². The number of phenols is 3. The number of methoxy groups -OCH3 is 1. The summed E-state index contributed by atoms with van der Waals surface area (Å²) in [5.74, 6) is -0.993. The van der Waals surface area contributed by atoms with Gasteiger partial charge in [-0.1, -0.05) is 17.7 Å². The van der Waals surface area contributed by atoms with E-state index in [9.17, 15) is 30.3 Å². The Morgan fingerprint density at radius 2 is 1.73 bits per heavy atom. The molecule has 2 atom stereocenters. The average Bonchev–Trinajstić information content (AvgIpc) is 2.93. The third-order valence-electron chi connectivity index (χ3n) is 6.70. The molecule has 2 heterocycles. The van der Waals surface area contributed by atoms with E-state index in [1.807, 2.05) is 19.9 Å². The fraction of sp³-hybridized carbons (Fsp3) is 0.233. The lowest BCUT2D eigenvalue weighted by atomic mass is 10.0. The zero-order valence-electron chi connectivity index (χ0n) is 22.0. The molecule has 5 N–H and O–H groups in total. The molecule has 0 spiro atoms. The molecule has 5 rings (SSSR count). The molecule has 0 radical (unpaired) electrons. The van der Waals surface area contributed by atoms with Gasteiger partial charge in [-0.25, -0.2) is 0 Å². The summed E-state index contributed by atoms with van der Waals surface area (Å²) in [6, 6.07) is 10.3. The van der Waals surface area contributed by atoms with E-state index < -0.39 is 29.1 Å². The second kappa shape index (κ2) is 10.4. The van der Waals surface area contributed by atoms with Gasteiger partial charge in [0.15, 0.2) is 41.0 Å². The summed E-state index contributed by atoms with van der Waals surface area (Å²) in [7, 11) is 1.41. The molecule has 1 aliphatic rings. The van der Waals surface area contributed by atoms with Crippen molar-refractivity contribution >= 4 is 11.0 Å². The van der Waals surface area contributed by atoms with Gasteiger partial charge in [-0.3, -0.25) is 4.79 Å². The molecule has 0 saturated heterocycles. The van der Waals surface area contributed by atoms with Crippen molar-refractivity contribution < 1.29 is 44.2 Å². The lowest BCUT2D eigenvalue weighted by Gasteiger charge is -2.33. The average molecular weight is 549 g/mol. The summed E-state index contributed by atoms with van der Waals surface area (Å²) < 4.78 is 23.3. The van der Waals surface area contributed by atoms with Crippen molar-refractivity contribution in [2.24, 2.45) is 0 Å². The number of benzene rings is 3. The number of hydrogen-bond acceptors (Lipinski definition) is 10. The maximum Gasteiger partial charge on any atom is 0.238 e. The molecule has 40 heavy (non-hydrogen) atoms. The van der Waals surface area contributed by atoms with Crippen LogP contribution in [0.4, 0.5) is 0 Å². The van der Waals surface area contributed by atoms with Crippen LogP contribution >= 0.6 is 0 Å². The zero-order chi connectivity index (χ0) is 28.7. The molecular formula is C30H28O10. The van der Waals surface area contributed by atoms with Gasteiger partial charge in [-0.05, 0) is 50.6 Å². The van der Waals surface area contributed by atoms with E-state index in [-0.39, 0.29) is 63.9 Å². The highest BCUT2D eigenvalue weighted by Crippen LogP contribution is 2.45. The molecule has 0 amide bonds. The Labute approximate surface area is 228 Å². The van der Waals surface area contributed by atoms with E-state index >= 15 is 0 Å². The summed E-state index contributed by atoms with van der Waals surface area (Å²) in [6.45, 7) is 3.40. The second-order valence-corrected chi connectivity index (χ2v) is 9.66. The molecule has 10 heteroatoms. The zero-order valence-corrected chi connectivity index (χ0v) is 22.0. The van der Waals surface area contributed by atoms with Crippen LogP contribution in [0, 0.1) is 0 Å². The summed E-state index contributed by atoms with van der Waals surface area (Å²) in [5, 5.41) is 51.4. The normalized spacial score (nSPS) is 16.1. The van der Waals surface area contributed by atoms with Gasteiger partial charge in [0.1, 0.15) is 22.5 Å². The number of ether oxygens (including phenoxy) is 3. The molecule has 0 bridgehead atoms. The predicted molar refractivity (Wildman–Crippen MR) is 146 cm³/mol. The van der Waals surface area contributed by atoms with Gasteiger partial charge in [0.2, 0.25) is 11.2 Å². The first-order valence-corrected chi connectivity index (χ1v) is 12.4. The molecule has 208 valence electrons.